The van der Waals surface area contributed by atoms with Crippen LogP contribution in [0.5, 0.6) is 5.75 Å². The van der Waals surface area contributed by atoms with Crippen LogP contribution < -0.4 is 10.4 Å². The van der Waals surface area contributed by atoms with Crippen LogP contribution in [0.2, 0.25) is 0 Å². The Bertz CT molecular complexity index is 667. The van der Waals surface area contributed by atoms with Crippen molar-refractivity contribution in [3.05, 3.63) is 40.8 Å². The Kier molecular flexibility index (Phi) is 5.03. The molecule has 4 nitrogen and oxygen atoms in total. The second kappa shape index (κ2) is 6.76. The van der Waals surface area contributed by atoms with E-state index in [2.05, 4.69) is 0 Å². The Hall–Kier alpha value is -1.53. The van der Waals surface area contributed by atoms with Crippen LogP contribution in [0, 0.1) is 0 Å². The van der Waals surface area contributed by atoms with Crippen LogP contribution in [0.3, 0.4) is 0 Å². The third-order valence-corrected chi connectivity index (χ3v) is 4.25. The van der Waals surface area contributed by atoms with Gasteiger partial charge in [0, 0.05) is 19.8 Å². The standard InChI is InChI=1S/C14H15NO3S2/c1-15(2)14(19)20-8-7-17-12-9-13(16)18-11-6-4-3-5-10(11)12/h3-6,9H,7-8H2,1-2H3. The molecule has 0 aliphatic rings. The molecule has 0 aliphatic carbocycles. The van der Waals surface area contributed by atoms with Crippen LogP contribution in [-0.2, 0) is 0 Å². The second-order valence-electron chi connectivity index (χ2n) is 4.28. The molecule has 0 radical (unpaired) electrons. The predicted molar refractivity (Wildman–Crippen MR) is 86.7 cm³/mol. The van der Waals surface area contributed by atoms with E-state index < -0.39 is 5.63 Å². The molecule has 0 unspecified atom stereocenters. The molecule has 2 aromatic rings. The lowest BCUT2D eigenvalue weighted by Gasteiger charge is -2.13. The summed E-state index contributed by atoms with van der Waals surface area (Å²) < 4.78 is 11.6. The largest absolute Gasteiger partial charge is 0.492 e. The third kappa shape index (κ3) is 3.74. The molecule has 0 amide bonds. The van der Waals surface area contributed by atoms with E-state index in [9.17, 15) is 4.79 Å². The minimum atomic E-state index is -0.407. The maximum atomic E-state index is 11.5. The molecule has 6 heteroatoms. The average Bonchev–Trinajstić information content (AvgIpc) is 2.42. The molecule has 20 heavy (non-hydrogen) atoms. The lowest BCUT2D eigenvalue weighted by atomic mass is 10.2. The summed E-state index contributed by atoms with van der Waals surface area (Å²) in [4.78, 5) is 13.3. The average molecular weight is 309 g/mol. The van der Waals surface area contributed by atoms with Crippen molar-refractivity contribution >= 4 is 39.3 Å². The van der Waals surface area contributed by atoms with E-state index in [1.165, 1.54) is 6.07 Å². The molecular formula is C14H15NO3S2. The van der Waals surface area contributed by atoms with Crippen LogP contribution in [-0.4, -0.2) is 35.7 Å². The van der Waals surface area contributed by atoms with Gasteiger partial charge in [0.15, 0.2) is 0 Å². The zero-order chi connectivity index (χ0) is 14.5. The van der Waals surface area contributed by atoms with E-state index in [4.69, 9.17) is 21.4 Å². The molecule has 106 valence electrons. The van der Waals surface area contributed by atoms with Gasteiger partial charge in [0.05, 0.1) is 18.1 Å². The number of benzene rings is 1. The molecule has 1 aromatic heterocycles. The summed E-state index contributed by atoms with van der Waals surface area (Å²) in [5, 5.41) is 0.798. The van der Waals surface area contributed by atoms with Crippen molar-refractivity contribution in [3.63, 3.8) is 0 Å². The minimum Gasteiger partial charge on any atom is -0.492 e. The van der Waals surface area contributed by atoms with Crippen molar-refractivity contribution in [1.29, 1.82) is 0 Å². The van der Waals surface area contributed by atoms with E-state index in [1.807, 2.05) is 37.2 Å². The first kappa shape index (κ1) is 14.9. The summed E-state index contributed by atoms with van der Waals surface area (Å²) in [6.07, 6.45) is 0. The number of fused-ring (bicyclic) bond motifs is 1. The smallest absolute Gasteiger partial charge is 0.339 e. The predicted octanol–water partition coefficient (Wildman–Crippen LogP) is 2.75. The lowest BCUT2D eigenvalue weighted by molar-refractivity contribution is 0.344. The first-order valence-electron chi connectivity index (χ1n) is 6.07. The first-order chi connectivity index (χ1) is 9.58. The van der Waals surface area contributed by atoms with Crippen molar-refractivity contribution in [2.24, 2.45) is 0 Å². The van der Waals surface area contributed by atoms with Gasteiger partial charge in [-0.15, -0.1) is 0 Å². The van der Waals surface area contributed by atoms with Crippen molar-refractivity contribution in [2.45, 2.75) is 0 Å². The SMILES string of the molecule is CN(C)C(=S)SCCOc1cc(=O)oc2ccccc12. The van der Waals surface area contributed by atoms with Gasteiger partial charge in [-0.2, -0.15) is 0 Å². The quantitative estimate of drug-likeness (QED) is 0.491. The van der Waals surface area contributed by atoms with Gasteiger partial charge < -0.3 is 14.1 Å². The van der Waals surface area contributed by atoms with E-state index in [-0.39, 0.29) is 0 Å². The molecule has 0 fully saturated rings. The van der Waals surface area contributed by atoms with E-state index in [1.54, 1.807) is 17.8 Å². The summed E-state index contributed by atoms with van der Waals surface area (Å²) in [7, 11) is 3.82. The summed E-state index contributed by atoms with van der Waals surface area (Å²) in [6, 6.07) is 8.69. The fourth-order valence-corrected chi connectivity index (χ4v) is 2.46. The number of rotatable bonds is 4. The van der Waals surface area contributed by atoms with Crippen molar-refractivity contribution in [2.75, 3.05) is 26.5 Å². The van der Waals surface area contributed by atoms with Gasteiger partial charge in [0.25, 0.3) is 0 Å². The molecule has 0 saturated carbocycles. The van der Waals surface area contributed by atoms with Crippen molar-refractivity contribution in [1.82, 2.24) is 4.90 Å². The van der Waals surface area contributed by atoms with Crippen LogP contribution in [0.25, 0.3) is 11.0 Å². The van der Waals surface area contributed by atoms with Crippen LogP contribution in [0.1, 0.15) is 0 Å². The lowest BCUT2D eigenvalue weighted by Crippen LogP contribution is -2.17. The van der Waals surface area contributed by atoms with Crippen molar-refractivity contribution < 1.29 is 9.15 Å². The third-order valence-electron chi connectivity index (χ3n) is 2.54. The fourth-order valence-electron chi connectivity index (χ4n) is 1.61. The Morgan fingerprint density at radius 3 is 2.90 bits per heavy atom. The number of hydrogen-bond acceptors (Lipinski definition) is 5. The van der Waals surface area contributed by atoms with Gasteiger partial charge >= 0.3 is 5.63 Å². The van der Waals surface area contributed by atoms with Gasteiger partial charge in [-0.3, -0.25) is 0 Å². The number of hydrogen-bond donors (Lipinski definition) is 0. The Morgan fingerprint density at radius 2 is 2.15 bits per heavy atom. The first-order valence-corrected chi connectivity index (χ1v) is 7.47. The second-order valence-corrected chi connectivity index (χ2v) is 6.01. The molecule has 0 atom stereocenters. The summed E-state index contributed by atoms with van der Waals surface area (Å²) >= 11 is 6.72. The van der Waals surface area contributed by atoms with Gasteiger partial charge in [-0.25, -0.2) is 4.79 Å². The Balaban J connectivity index is 2.03. The van der Waals surface area contributed by atoms with E-state index >= 15 is 0 Å². The Morgan fingerprint density at radius 1 is 1.40 bits per heavy atom. The fraction of sp³-hybridized carbons (Fsp3) is 0.286. The van der Waals surface area contributed by atoms with E-state index in [0.29, 0.717) is 17.9 Å². The molecule has 0 aliphatic heterocycles. The van der Waals surface area contributed by atoms with Crippen LogP contribution >= 0.6 is 24.0 Å². The Labute approximate surface area is 126 Å². The molecule has 0 bridgehead atoms. The highest BCUT2D eigenvalue weighted by Crippen LogP contribution is 2.23. The van der Waals surface area contributed by atoms with Gasteiger partial charge in [-0.05, 0) is 12.1 Å². The molecule has 2 rings (SSSR count). The molecule has 0 saturated heterocycles. The van der Waals surface area contributed by atoms with Crippen LogP contribution in [0.4, 0.5) is 0 Å². The highest BCUT2D eigenvalue weighted by molar-refractivity contribution is 8.22. The molecular weight excluding hydrogens is 294 g/mol. The maximum Gasteiger partial charge on any atom is 0.339 e. The summed E-state index contributed by atoms with van der Waals surface area (Å²) in [6.45, 7) is 0.478. The van der Waals surface area contributed by atoms with Gasteiger partial charge in [-0.1, -0.05) is 36.1 Å². The van der Waals surface area contributed by atoms with Gasteiger partial charge in [0.1, 0.15) is 15.7 Å². The topological polar surface area (TPSA) is 42.7 Å². The molecule has 1 aromatic carbocycles. The number of thioether (sulfide) groups is 1. The normalized spacial score (nSPS) is 10.5. The zero-order valence-electron chi connectivity index (χ0n) is 11.3. The number of thiocarbonyl (C=S) groups is 1. The highest BCUT2D eigenvalue weighted by Gasteiger charge is 2.06. The van der Waals surface area contributed by atoms with E-state index in [0.717, 1.165) is 15.5 Å². The number of nitrogens with zero attached hydrogens (tertiary/aromatic N) is 1. The minimum absolute atomic E-state index is 0.407. The highest BCUT2D eigenvalue weighted by atomic mass is 32.2. The molecule has 0 N–H and O–H groups in total. The van der Waals surface area contributed by atoms with Crippen LogP contribution in [0.15, 0.2) is 39.5 Å². The summed E-state index contributed by atoms with van der Waals surface area (Å²) in [5.41, 5.74) is 0.127. The maximum absolute atomic E-state index is 11.5. The van der Waals surface area contributed by atoms with Crippen molar-refractivity contribution in [3.8, 4) is 5.75 Å². The number of para-hydroxylation sites is 1. The summed E-state index contributed by atoms with van der Waals surface area (Å²) in [5.74, 6) is 1.28. The number of ether oxygens (including phenoxy) is 1. The molecule has 1 heterocycles. The van der Waals surface area contributed by atoms with Gasteiger partial charge in [0.2, 0.25) is 0 Å². The molecule has 0 spiro atoms. The monoisotopic (exact) mass is 309 g/mol. The zero-order valence-corrected chi connectivity index (χ0v) is 12.9.